The number of halogens is 1. The third-order valence-corrected chi connectivity index (χ3v) is 8.38. The molecule has 0 bridgehead atoms. The van der Waals surface area contributed by atoms with Crippen molar-refractivity contribution in [3.05, 3.63) is 106 Å². The first-order valence-corrected chi connectivity index (χ1v) is 14.4. The molecule has 2 N–H and O–H groups in total. The molecule has 3 atom stereocenters. The Labute approximate surface area is 250 Å². The molecule has 10 heteroatoms. The maximum Gasteiger partial charge on any atom is 0.254 e. The molecule has 2 aliphatic heterocycles. The van der Waals surface area contributed by atoms with E-state index in [0.717, 1.165) is 20.9 Å². The zero-order valence-corrected chi connectivity index (χ0v) is 24.0. The number of benzene rings is 3. The number of rotatable bonds is 6. The van der Waals surface area contributed by atoms with Crippen molar-refractivity contribution in [1.29, 1.82) is 0 Å². The zero-order valence-electron chi connectivity index (χ0n) is 22.4. The minimum atomic E-state index is -0.967. The Morgan fingerprint density at radius 1 is 0.976 bits per heavy atom. The average molecular weight is 627 g/mol. The molecule has 2 aliphatic rings. The number of fused-ring (bicyclic) bond motifs is 2. The van der Waals surface area contributed by atoms with Crippen LogP contribution in [0.3, 0.4) is 0 Å². The van der Waals surface area contributed by atoms with Crippen molar-refractivity contribution in [3.63, 3.8) is 0 Å². The van der Waals surface area contributed by atoms with E-state index in [1.54, 1.807) is 71.8 Å². The quantitative estimate of drug-likeness (QED) is 0.336. The fourth-order valence-corrected chi connectivity index (χ4v) is 6.25. The first-order valence-electron chi connectivity index (χ1n) is 13.6. The third kappa shape index (κ3) is 5.37. The van der Waals surface area contributed by atoms with Gasteiger partial charge in [0, 0.05) is 40.1 Å². The molecule has 3 heterocycles. The van der Waals surface area contributed by atoms with Crippen LogP contribution in [0.1, 0.15) is 32.7 Å². The van der Waals surface area contributed by atoms with Gasteiger partial charge >= 0.3 is 0 Å². The van der Waals surface area contributed by atoms with Crippen LogP contribution in [0.4, 0.5) is 0 Å². The number of nitrogens with one attached hydrogen (secondary N) is 1. The normalized spacial score (nSPS) is 18.6. The van der Waals surface area contributed by atoms with Crippen LogP contribution in [-0.2, 0) is 16.0 Å². The number of likely N-dealkylation sites (tertiary alicyclic amines) is 2. The van der Waals surface area contributed by atoms with Crippen LogP contribution in [0, 0.1) is 0 Å². The van der Waals surface area contributed by atoms with Crippen LogP contribution in [0.2, 0.25) is 0 Å². The van der Waals surface area contributed by atoms with E-state index in [1.807, 2.05) is 6.07 Å². The fourth-order valence-electron chi connectivity index (χ4n) is 5.85. The van der Waals surface area contributed by atoms with Crippen molar-refractivity contribution in [2.75, 3.05) is 13.1 Å². The molecule has 2 fully saturated rings. The van der Waals surface area contributed by atoms with E-state index in [2.05, 4.69) is 26.2 Å². The fraction of sp³-hybridized carbons (Fsp3) is 0.219. The monoisotopic (exact) mass is 626 g/mol. The van der Waals surface area contributed by atoms with E-state index in [4.69, 9.17) is 0 Å². The number of aromatic nitrogens is 1. The number of pyridine rings is 1. The molecule has 0 spiro atoms. The van der Waals surface area contributed by atoms with Crippen LogP contribution >= 0.6 is 15.9 Å². The van der Waals surface area contributed by atoms with Gasteiger partial charge in [-0.3, -0.25) is 24.2 Å². The third-order valence-electron chi connectivity index (χ3n) is 7.88. The second kappa shape index (κ2) is 11.4. The number of ketones is 1. The van der Waals surface area contributed by atoms with Crippen molar-refractivity contribution in [1.82, 2.24) is 20.1 Å². The van der Waals surface area contributed by atoms with Crippen molar-refractivity contribution in [2.24, 2.45) is 0 Å². The highest BCUT2D eigenvalue weighted by Gasteiger charge is 2.52. The molecule has 0 aliphatic carbocycles. The standard InChI is InChI=1S/C32H27BrN4O5/c33-23-5-1-3-21(17-23)30(40)35-26(15-19-6-9-24(38)10-7-19)32(42)36-14-12-27-29(36)28(39)18-37(27)31(41)22-8-11-25-20(16-22)4-2-13-34-25/h1-11,13,16-17,26-27,29,38H,12,14-15,18H2,(H,35,40)/t26-,27+,29-/m0/s1. The van der Waals surface area contributed by atoms with Crippen molar-refractivity contribution in [2.45, 2.75) is 31.0 Å². The summed E-state index contributed by atoms with van der Waals surface area (Å²) in [6.07, 6.45) is 2.30. The lowest BCUT2D eigenvalue weighted by molar-refractivity contribution is -0.138. The first kappa shape index (κ1) is 27.6. The van der Waals surface area contributed by atoms with Crippen LogP contribution in [-0.4, -0.2) is 74.6 Å². The van der Waals surface area contributed by atoms with Gasteiger partial charge in [0.05, 0.1) is 18.1 Å². The van der Waals surface area contributed by atoms with E-state index in [9.17, 15) is 24.3 Å². The summed E-state index contributed by atoms with van der Waals surface area (Å²) in [6, 6.07) is 20.0. The van der Waals surface area contributed by atoms with Gasteiger partial charge in [-0.15, -0.1) is 0 Å². The Kier molecular flexibility index (Phi) is 7.47. The molecule has 3 aromatic carbocycles. The minimum Gasteiger partial charge on any atom is -0.508 e. The molecule has 0 saturated carbocycles. The van der Waals surface area contributed by atoms with Gasteiger partial charge in [0.25, 0.3) is 11.8 Å². The molecule has 4 aromatic rings. The van der Waals surface area contributed by atoms with E-state index in [-0.39, 0.29) is 37.0 Å². The first-order chi connectivity index (χ1) is 20.3. The molecule has 3 amide bonds. The van der Waals surface area contributed by atoms with Crippen LogP contribution < -0.4 is 5.32 Å². The second-order valence-corrected chi connectivity index (χ2v) is 11.5. The van der Waals surface area contributed by atoms with Crippen LogP contribution in [0.5, 0.6) is 5.75 Å². The summed E-state index contributed by atoms with van der Waals surface area (Å²) in [5.74, 6) is -1.20. The number of Topliss-reactive ketones (excluding diaryl/α,β-unsaturated/α-hetero) is 1. The molecular weight excluding hydrogens is 600 g/mol. The van der Waals surface area contributed by atoms with E-state index in [1.165, 1.54) is 17.0 Å². The maximum atomic E-state index is 14.0. The maximum absolute atomic E-state index is 14.0. The van der Waals surface area contributed by atoms with Gasteiger partial charge in [-0.2, -0.15) is 0 Å². The number of nitrogens with zero attached hydrogens (tertiary/aromatic N) is 3. The summed E-state index contributed by atoms with van der Waals surface area (Å²) in [5, 5.41) is 13.4. The largest absolute Gasteiger partial charge is 0.508 e. The lowest BCUT2D eigenvalue weighted by atomic mass is 10.0. The van der Waals surface area contributed by atoms with Gasteiger partial charge < -0.3 is 20.2 Å². The summed E-state index contributed by atoms with van der Waals surface area (Å²) < 4.78 is 0.725. The van der Waals surface area contributed by atoms with Crippen LogP contribution in [0.25, 0.3) is 10.9 Å². The number of carbonyl (C=O) groups is 4. The molecule has 212 valence electrons. The Morgan fingerprint density at radius 2 is 1.79 bits per heavy atom. The lowest BCUT2D eigenvalue weighted by Gasteiger charge is -2.28. The Hall–Kier alpha value is -4.57. The van der Waals surface area contributed by atoms with E-state index >= 15 is 0 Å². The lowest BCUT2D eigenvalue weighted by Crippen LogP contribution is -2.53. The highest BCUT2D eigenvalue weighted by Crippen LogP contribution is 2.32. The highest BCUT2D eigenvalue weighted by molar-refractivity contribution is 9.10. The highest BCUT2D eigenvalue weighted by atomic mass is 79.9. The van der Waals surface area contributed by atoms with Gasteiger partial charge in [-0.25, -0.2) is 0 Å². The molecule has 0 radical (unpaired) electrons. The second-order valence-electron chi connectivity index (χ2n) is 10.5. The molecule has 1 aromatic heterocycles. The summed E-state index contributed by atoms with van der Waals surface area (Å²) in [6.45, 7) is 0.195. The Morgan fingerprint density at radius 3 is 2.57 bits per heavy atom. The molecule has 0 unspecified atom stereocenters. The number of hydrogen-bond acceptors (Lipinski definition) is 6. The van der Waals surface area contributed by atoms with Crippen LogP contribution in [0.15, 0.2) is 89.5 Å². The van der Waals surface area contributed by atoms with Gasteiger partial charge in [0.2, 0.25) is 5.91 Å². The van der Waals surface area contributed by atoms with Crippen molar-refractivity contribution < 1.29 is 24.3 Å². The predicted molar refractivity (Wildman–Crippen MR) is 159 cm³/mol. The number of carbonyl (C=O) groups excluding carboxylic acids is 4. The van der Waals surface area contributed by atoms with Gasteiger partial charge in [-0.1, -0.05) is 40.2 Å². The summed E-state index contributed by atoms with van der Waals surface area (Å²) >= 11 is 3.37. The minimum absolute atomic E-state index is 0.0872. The van der Waals surface area contributed by atoms with Crippen molar-refractivity contribution in [3.8, 4) is 5.75 Å². The number of amides is 3. The molecule has 9 nitrogen and oxygen atoms in total. The zero-order chi connectivity index (χ0) is 29.4. The summed E-state index contributed by atoms with van der Waals surface area (Å²) in [7, 11) is 0. The van der Waals surface area contributed by atoms with Gasteiger partial charge in [0.15, 0.2) is 5.78 Å². The van der Waals surface area contributed by atoms with E-state index in [0.29, 0.717) is 17.5 Å². The summed E-state index contributed by atoms with van der Waals surface area (Å²) in [4.78, 5) is 61.4. The molecule has 2 saturated heterocycles. The Balaban J connectivity index is 1.24. The van der Waals surface area contributed by atoms with Gasteiger partial charge in [0.1, 0.15) is 17.8 Å². The van der Waals surface area contributed by atoms with E-state index < -0.39 is 29.9 Å². The smallest absolute Gasteiger partial charge is 0.254 e. The molecule has 42 heavy (non-hydrogen) atoms. The van der Waals surface area contributed by atoms with Crippen molar-refractivity contribution >= 4 is 50.3 Å². The van der Waals surface area contributed by atoms with Gasteiger partial charge in [-0.05, 0) is 66.6 Å². The predicted octanol–water partition coefficient (Wildman–Crippen LogP) is 3.74. The number of hydrogen-bond donors (Lipinski definition) is 2. The number of phenols is 1. The SMILES string of the molecule is O=C(N[C@@H](Cc1ccc(O)cc1)C(=O)N1CC[C@@H]2[C@H]1C(=O)CN2C(=O)c1ccc2ncccc2c1)c1cccc(Br)c1. The number of phenolic OH excluding ortho intramolecular Hbond substituents is 1. The topological polar surface area (TPSA) is 120 Å². The Bertz CT molecular complexity index is 1710. The summed E-state index contributed by atoms with van der Waals surface area (Å²) in [5.41, 5.74) is 2.34. The molecular formula is C32H27BrN4O5. The molecule has 6 rings (SSSR count). The number of aromatic hydroxyl groups is 1. The average Bonchev–Trinajstić information content (AvgIpc) is 3.58.